The molecule has 4 rings (SSSR count). The van der Waals surface area contributed by atoms with Crippen LogP contribution < -0.4 is 10.1 Å². The van der Waals surface area contributed by atoms with E-state index in [9.17, 15) is 9.18 Å². The number of hydrogen-bond acceptors (Lipinski definition) is 5. The Morgan fingerprint density at radius 1 is 1.00 bits per heavy atom. The van der Waals surface area contributed by atoms with Crippen LogP contribution in [0.5, 0.6) is 5.75 Å². The van der Waals surface area contributed by atoms with Gasteiger partial charge < -0.3 is 10.1 Å². The number of aryl methyl sites for hydroxylation is 1. The second-order valence-electron chi connectivity index (χ2n) is 7.28. The molecule has 0 saturated carbocycles. The van der Waals surface area contributed by atoms with Crippen LogP contribution in [0.1, 0.15) is 17.0 Å². The molecule has 1 amide bonds. The summed E-state index contributed by atoms with van der Waals surface area (Å²) in [5.74, 6) is 0.292. The van der Waals surface area contributed by atoms with Gasteiger partial charge in [0.15, 0.2) is 22.5 Å². The number of hydrogen-bond donors (Lipinski definition) is 1. The zero-order valence-corrected chi connectivity index (χ0v) is 18.9. The van der Waals surface area contributed by atoms with Crippen LogP contribution in [0.4, 0.5) is 4.39 Å². The molecule has 0 aliphatic heterocycles. The summed E-state index contributed by atoms with van der Waals surface area (Å²) in [6.07, 6.45) is 0. The van der Waals surface area contributed by atoms with E-state index in [1.807, 2.05) is 66.1 Å². The van der Waals surface area contributed by atoms with Crippen molar-refractivity contribution in [2.75, 3.05) is 5.75 Å². The Morgan fingerprint density at radius 2 is 1.73 bits per heavy atom. The molecule has 0 fully saturated rings. The molecule has 0 unspecified atom stereocenters. The number of aromatic nitrogens is 3. The molecule has 0 saturated heterocycles. The van der Waals surface area contributed by atoms with Gasteiger partial charge in [-0.15, -0.1) is 10.2 Å². The second-order valence-corrected chi connectivity index (χ2v) is 8.22. The van der Waals surface area contributed by atoms with Gasteiger partial charge in [-0.3, -0.25) is 9.36 Å². The van der Waals surface area contributed by atoms with Crippen molar-refractivity contribution < 1.29 is 13.9 Å². The zero-order chi connectivity index (χ0) is 23.0. The normalized spacial score (nSPS) is 10.7. The predicted octanol–water partition coefficient (Wildman–Crippen LogP) is 4.70. The Labute approximate surface area is 195 Å². The number of nitrogens with zero attached hydrogens (tertiary/aromatic N) is 3. The number of amides is 1. The fourth-order valence-electron chi connectivity index (χ4n) is 3.21. The number of nitrogens with one attached hydrogen (secondary N) is 1. The van der Waals surface area contributed by atoms with Gasteiger partial charge in [0.2, 0.25) is 5.91 Å². The van der Waals surface area contributed by atoms with Crippen molar-refractivity contribution >= 4 is 17.7 Å². The van der Waals surface area contributed by atoms with E-state index in [0.717, 1.165) is 16.8 Å². The molecule has 3 aromatic carbocycles. The number of ether oxygens (including phenoxy) is 1. The molecule has 4 aromatic rings. The standard InChI is InChI=1S/C25H23FN4O2S/c1-18-9-5-6-10-19(18)15-27-24(31)17-33-25-29-28-23(30(25)20-11-3-2-4-12-20)16-32-22-14-8-7-13-21(22)26/h2-14H,15-17H2,1H3,(H,27,31). The Hall–Kier alpha value is -3.65. The first-order valence-electron chi connectivity index (χ1n) is 10.4. The third-order valence-electron chi connectivity index (χ3n) is 4.98. The molecule has 6 nitrogen and oxygen atoms in total. The Balaban J connectivity index is 1.45. The van der Waals surface area contributed by atoms with Crippen molar-refractivity contribution in [1.82, 2.24) is 20.1 Å². The zero-order valence-electron chi connectivity index (χ0n) is 18.1. The molecule has 8 heteroatoms. The van der Waals surface area contributed by atoms with Crippen LogP contribution in [0.15, 0.2) is 84.0 Å². The lowest BCUT2D eigenvalue weighted by Crippen LogP contribution is -2.25. The highest BCUT2D eigenvalue weighted by Gasteiger charge is 2.17. The average molecular weight is 463 g/mol. The minimum Gasteiger partial charge on any atom is -0.483 e. The monoisotopic (exact) mass is 462 g/mol. The molecular formula is C25H23FN4O2S. The Morgan fingerprint density at radius 3 is 2.52 bits per heavy atom. The maximum atomic E-state index is 13.9. The SMILES string of the molecule is Cc1ccccc1CNC(=O)CSc1nnc(COc2ccccc2F)n1-c1ccccc1. The number of halogens is 1. The molecule has 0 aliphatic rings. The van der Waals surface area contributed by atoms with E-state index in [1.165, 1.54) is 17.8 Å². The van der Waals surface area contributed by atoms with Gasteiger partial charge in [0.25, 0.3) is 0 Å². The molecule has 33 heavy (non-hydrogen) atoms. The quantitative estimate of drug-likeness (QED) is 0.365. The van der Waals surface area contributed by atoms with E-state index in [-0.39, 0.29) is 24.0 Å². The summed E-state index contributed by atoms with van der Waals surface area (Å²) >= 11 is 1.28. The topological polar surface area (TPSA) is 69.0 Å². The van der Waals surface area contributed by atoms with E-state index >= 15 is 0 Å². The lowest BCUT2D eigenvalue weighted by atomic mass is 10.1. The minimum absolute atomic E-state index is 0.0306. The molecule has 0 bridgehead atoms. The van der Waals surface area contributed by atoms with Gasteiger partial charge in [-0.05, 0) is 42.3 Å². The highest BCUT2D eigenvalue weighted by atomic mass is 32.2. The molecule has 1 N–H and O–H groups in total. The van der Waals surface area contributed by atoms with Crippen LogP contribution in [-0.4, -0.2) is 26.4 Å². The summed E-state index contributed by atoms with van der Waals surface area (Å²) in [4.78, 5) is 12.4. The van der Waals surface area contributed by atoms with Gasteiger partial charge in [0, 0.05) is 12.2 Å². The largest absolute Gasteiger partial charge is 0.483 e. The van der Waals surface area contributed by atoms with Crippen molar-refractivity contribution in [2.24, 2.45) is 0 Å². The van der Waals surface area contributed by atoms with Crippen molar-refractivity contribution in [2.45, 2.75) is 25.2 Å². The molecule has 168 valence electrons. The molecule has 0 aliphatic carbocycles. The Bertz CT molecular complexity index is 1230. The first-order valence-corrected chi connectivity index (χ1v) is 11.4. The second kappa shape index (κ2) is 10.8. The summed E-state index contributed by atoms with van der Waals surface area (Å²) in [5.41, 5.74) is 3.04. The van der Waals surface area contributed by atoms with Crippen LogP contribution >= 0.6 is 11.8 Å². The van der Waals surface area contributed by atoms with Crippen LogP contribution in [0, 0.1) is 12.7 Å². The average Bonchev–Trinajstić information content (AvgIpc) is 3.25. The van der Waals surface area contributed by atoms with Crippen molar-refractivity contribution in [1.29, 1.82) is 0 Å². The first kappa shape index (κ1) is 22.5. The summed E-state index contributed by atoms with van der Waals surface area (Å²) in [6.45, 7) is 2.52. The van der Waals surface area contributed by atoms with Crippen molar-refractivity contribution in [3.05, 3.63) is 102 Å². The molecular weight excluding hydrogens is 439 g/mol. The first-order chi connectivity index (χ1) is 16.1. The van der Waals surface area contributed by atoms with Crippen molar-refractivity contribution in [3.63, 3.8) is 0 Å². The van der Waals surface area contributed by atoms with E-state index in [1.54, 1.807) is 18.2 Å². The summed E-state index contributed by atoms with van der Waals surface area (Å²) < 4.78 is 21.4. The van der Waals surface area contributed by atoms with Gasteiger partial charge in [-0.25, -0.2) is 4.39 Å². The van der Waals surface area contributed by atoms with Gasteiger partial charge in [-0.2, -0.15) is 0 Å². The van der Waals surface area contributed by atoms with Crippen LogP contribution in [-0.2, 0) is 17.9 Å². The third kappa shape index (κ3) is 5.78. The summed E-state index contributed by atoms with van der Waals surface area (Å²) in [6, 6.07) is 23.7. The molecule has 0 spiro atoms. The number of benzene rings is 3. The van der Waals surface area contributed by atoms with Gasteiger partial charge in [0.05, 0.1) is 5.75 Å². The number of carbonyl (C=O) groups is 1. The fraction of sp³-hybridized carbons (Fsp3) is 0.160. The molecule has 1 heterocycles. The lowest BCUT2D eigenvalue weighted by molar-refractivity contribution is -0.118. The Kier molecular flexibility index (Phi) is 7.36. The number of rotatable bonds is 9. The summed E-state index contributed by atoms with van der Waals surface area (Å²) in [7, 11) is 0. The van der Waals surface area contributed by atoms with Gasteiger partial charge in [0.1, 0.15) is 6.61 Å². The third-order valence-corrected chi connectivity index (χ3v) is 5.91. The predicted molar refractivity (Wildman–Crippen MR) is 126 cm³/mol. The smallest absolute Gasteiger partial charge is 0.230 e. The van der Waals surface area contributed by atoms with Gasteiger partial charge in [-0.1, -0.05) is 66.4 Å². The molecule has 0 radical (unpaired) electrons. The van der Waals surface area contributed by atoms with Gasteiger partial charge >= 0.3 is 0 Å². The van der Waals surface area contributed by atoms with Crippen molar-refractivity contribution in [3.8, 4) is 11.4 Å². The minimum atomic E-state index is -0.441. The number of thioether (sulfide) groups is 1. The lowest BCUT2D eigenvalue weighted by Gasteiger charge is -2.12. The van der Waals surface area contributed by atoms with E-state index in [0.29, 0.717) is 17.5 Å². The highest BCUT2D eigenvalue weighted by molar-refractivity contribution is 7.99. The maximum Gasteiger partial charge on any atom is 0.230 e. The van der Waals surface area contributed by atoms with Crippen LogP contribution in [0.2, 0.25) is 0 Å². The van der Waals surface area contributed by atoms with Crippen LogP contribution in [0.25, 0.3) is 5.69 Å². The molecule has 0 atom stereocenters. The van der Waals surface area contributed by atoms with E-state index < -0.39 is 5.82 Å². The number of para-hydroxylation sites is 2. The maximum absolute atomic E-state index is 13.9. The highest BCUT2D eigenvalue weighted by Crippen LogP contribution is 2.24. The molecule has 1 aromatic heterocycles. The van der Waals surface area contributed by atoms with E-state index in [4.69, 9.17) is 4.74 Å². The van der Waals surface area contributed by atoms with E-state index in [2.05, 4.69) is 15.5 Å². The number of carbonyl (C=O) groups excluding carboxylic acids is 1. The summed E-state index contributed by atoms with van der Waals surface area (Å²) in [5, 5.41) is 12.0. The van der Waals surface area contributed by atoms with Crippen LogP contribution in [0.3, 0.4) is 0 Å². The fourth-order valence-corrected chi connectivity index (χ4v) is 4.01.